The van der Waals surface area contributed by atoms with Crippen molar-refractivity contribution in [2.75, 3.05) is 17.6 Å². The van der Waals surface area contributed by atoms with Crippen LogP contribution in [-0.4, -0.2) is 66.3 Å². The third-order valence-corrected chi connectivity index (χ3v) is 9.43. The zero-order valence-corrected chi connectivity index (χ0v) is 28.8. The van der Waals surface area contributed by atoms with Gasteiger partial charge in [-0.3, -0.25) is 9.69 Å². The molecule has 1 aliphatic carbocycles. The normalized spacial score (nSPS) is 24.3. The van der Waals surface area contributed by atoms with Gasteiger partial charge in [-0.05, 0) is 43.9 Å². The molecular formula is C29H37KN2O8S2. The number of para-hydroxylation sites is 1. The first-order valence-electron chi connectivity index (χ1n) is 13.6. The van der Waals surface area contributed by atoms with Crippen molar-refractivity contribution < 1.29 is 87.2 Å². The van der Waals surface area contributed by atoms with Crippen molar-refractivity contribution in [1.29, 1.82) is 0 Å². The molecule has 42 heavy (non-hydrogen) atoms. The average Bonchev–Trinajstić information content (AvgIpc) is 3.13. The second kappa shape index (κ2) is 16.7. The molecule has 2 aliphatic rings. The van der Waals surface area contributed by atoms with Crippen LogP contribution in [0.4, 0.5) is 5.69 Å². The zero-order valence-electron chi connectivity index (χ0n) is 24.0. The van der Waals surface area contributed by atoms with Gasteiger partial charge in [0.25, 0.3) is 0 Å². The van der Waals surface area contributed by atoms with E-state index in [1.165, 1.54) is 6.08 Å². The molecule has 0 radical (unpaired) electrons. The molecule has 1 fully saturated rings. The fraction of sp³-hybridized carbons (Fsp3) is 0.483. The van der Waals surface area contributed by atoms with E-state index in [-0.39, 0.29) is 75.2 Å². The summed E-state index contributed by atoms with van der Waals surface area (Å²) in [6.07, 6.45) is 16.2. The molecule has 224 valence electrons. The Labute approximate surface area is 292 Å². The number of fused-ring (bicyclic) bond motifs is 1. The smallest absolute Gasteiger partial charge is 0.748 e. The fourth-order valence-corrected chi connectivity index (χ4v) is 7.40. The fourth-order valence-electron chi connectivity index (χ4n) is 5.91. The van der Waals surface area contributed by atoms with Crippen molar-refractivity contribution in [2.24, 2.45) is 11.3 Å². The number of rotatable bonds is 16. The van der Waals surface area contributed by atoms with Crippen molar-refractivity contribution in [3.8, 4) is 0 Å². The molecule has 1 aromatic carbocycles. The first-order valence-corrected chi connectivity index (χ1v) is 16.6. The van der Waals surface area contributed by atoms with Crippen LogP contribution in [0.15, 0.2) is 71.8 Å². The van der Waals surface area contributed by atoms with Crippen LogP contribution in [0, 0.1) is 17.4 Å². The Morgan fingerprint density at radius 1 is 1.07 bits per heavy atom. The number of hydrogen-bond donors (Lipinski definition) is 2. The second-order valence-electron chi connectivity index (χ2n) is 10.7. The molecule has 1 aromatic rings. The number of benzene rings is 1. The van der Waals surface area contributed by atoms with Gasteiger partial charge in [-0.2, -0.15) is 0 Å². The van der Waals surface area contributed by atoms with E-state index in [2.05, 4.69) is 16.3 Å². The van der Waals surface area contributed by atoms with Gasteiger partial charge in [-0.15, -0.1) is 0 Å². The number of nitrogens with zero attached hydrogens (tertiary/aromatic N) is 1. The second-order valence-corrected chi connectivity index (χ2v) is 13.5. The van der Waals surface area contributed by atoms with Gasteiger partial charge in [0, 0.05) is 42.1 Å². The summed E-state index contributed by atoms with van der Waals surface area (Å²) in [5.74, 6) is -2.07. The van der Waals surface area contributed by atoms with E-state index in [1.807, 2.05) is 61.6 Å². The number of carbonyl (C=O) groups is 1. The topological polar surface area (TPSA) is 167 Å². The third kappa shape index (κ3) is 10.7. The maximum Gasteiger partial charge on any atom is 1.00 e. The molecule has 0 bridgehead atoms. The van der Waals surface area contributed by atoms with Crippen LogP contribution in [0.5, 0.6) is 0 Å². The standard InChI is InChI=1S/C29H38N2O8S2.K/c1-29(19-8-3-6-18-27(32)33)26(17-7-9-20-30-23-13-4-2-5-14-23)31(21-10-11-22-40(34,35)36)24-15-12-16-25(28(24)29)41(37,38)39;/h2,4-5,7,9,12-15,17,20,24,26,28,30H,3,6,8,10-11,18-19,21-22H2,1H3,(H2-,32,33,34,35,36,37,38,39);/q;+1/p-1. The van der Waals surface area contributed by atoms with Crippen molar-refractivity contribution in [1.82, 2.24) is 4.90 Å². The molecule has 3 rings (SSSR count). The average molecular weight is 645 g/mol. The number of nitrogens with one attached hydrogen (secondary N) is 1. The minimum Gasteiger partial charge on any atom is -0.748 e. The van der Waals surface area contributed by atoms with Crippen molar-refractivity contribution in [2.45, 2.75) is 64.0 Å². The summed E-state index contributed by atoms with van der Waals surface area (Å²) in [5.41, 5.74) is 0.168. The van der Waals surface area contributed by atoms with Crippen LogP contribution >= 0.6 is 0 Å². The van der Waals surface area contributed by atoms with Gasteiger partial charge in [0.1, 0.15) is 22.2 Å². The minimum atomic E-state index is -4.82. The maximum absolute atomic E-state index is 12.4. The molecular weight excluding hydrogens is 608 g/mol. The predicted octanol–water partition coefficient (Wildman–Crippen LogP) is 1.01. The number of unbranched alkanes of at least 4 members (excludes halogenated alkanes) is 3. The number of hydrogen-bond acceptors (Lipinski definition) is 9. The van der Waals surface area contributed by atoms with Crippen LogP contribution < -0.4 is 56.7 Å². The van der Waals surface area contributed by atoms with Crippen LogP contribution in [0.2, 0.25) is 0 Å². The molecule has 4 atom stereocenters. The van der Waals surface area contributed by atoms with E-state index in [9.17, 15) is 30.7 Å². The molecule has 1 heterocycles. The number of carboxylic acids is 1. The van der Waals surface area contributed by atoms with E-state index in [4.69, 9.17) is 5.11 Å². The summed E-state index contributed by atoms with van der Waals surface area (Å²) in [4.78, 5) is 12.7. The quantitative estimate of drug-likeness (QED) is 0.0872. The van der Waals surface area contributed by atoms with Crippen LogP contribution in [-0.2, 0) is 25.0 Å². The first-order chi connectivity index (χ1) is 19.3. The summed E-state index contributed by atoms with van der Waals surface area (Å²) in [6, 6.07) is 8.76. The Balaban J connectivity index is 0.00000616. The molecule has 10 nitrogen and oxygen atoms in total. The Hall–Kier alpha value is -1.22. The van der Waals surface area contributed by atoms with E-state index in [0.29, 0.717) is 38.6 Å². The number of carboxylic acid groups (broad SMARTS) is 1. The molecule has 0 aromatic heterocycles. The molecule has 2 N–H and O–H groups in total. The first kappa shape index (κ1) is 37.0. The SMILES string of the molecule is CC1(CCCCCC(=O)O)C2C(S(=O)(=O)[O-])=[C+]C=CC2N(CCCCS(=O)(=O)[O-])C1C=CC=CNc1ccccc1.[K+]. The van der Waals surface area contributed by atoms with E-state index in [1.54, 1.807) is 6.20 Å². The largest absolute Gasteiger partial charge is 1.00 e. The third-order valence-electron chi connectivity index (χ3n) is 7.73. The van der Waals surface area contributed by atoms with E-state index in [0.717, 1.165) is 5.69 Å². The van der Waals surface area contributed by atoms with Gasteiger partial charge in [0.15, 0.2) is 11.0 Å². The van der Waals surface area contributed by atoms with Gasteiger partial charge in [0.05, 0.1) is 22.1 Å². The summed E-state index contributed by atoms with van der Waals surface area (Å²) in [7, 11) is -9.18. The molecule has 0 spiro atoms. The van der Waals surface area contributed by atoms with Gasteiger partial charge < -0.3 is 19.5 Å². The number of anilines is 1. The Bertz CT molecular complexity index is 1380. The maximum atomic E-state index is 12.4. The van der Waals surface area contributed by atoms with Crippen molar-refractivity contribution in [3.63, 3.8) is 0 Å². The Morgan fingerprint density at radius 3 is 2.43 bits per heavy atom. The van der Waals surface area contributed by atoms with Gasteiger partial charge in [-0.1, -0.05) is 50.1 Å². The number of aliphatic carboxylic acids is 1. The minimum absolute atomic E-state index is 0. The molecule has 1 saturated heterocycles. The summed E-state index contributed by atoms with van der Waals surface area (Å²) in [6.45, 7) is 2.32. The summed E-state index contributed by atoms with van der Waals surface area (Å²) in [5, 5.41) is 12.2. The molecule has 0 saturated carbocycles. The monoisotopic (exact) mass is 644 g/mol. The van der Waals surface area contributed by atoms with E-state index < -0.39 is 49.3 Å². The molecule has 0 amide bonds. The van der Waals surface area contributed by atoms with Crippen molar-refractivity contribution >= 4 is 31.9 Å². The molecule has 13 heteroatoms. The van der Waals surface area contributed by atoms with Crippen molar-refractivity contribution in [3.05, 3.63) is 77.9 Å². The molecule has 4 unspecified atom stereocenters. The number of likely N-dealkylation sites (tertiary alicyclic amines) is 1. The molecule has 1 aliphatic heterocycles. The number of allylic oxidation sites excluding steroid dienone is 4. The summed E-state index contributed by atoms with van der Waals surface area (Å²) < 4.78 is 70.5. The zero-order chi connectivity index (χ0) is 30.1. The predicted molar refractivity (Wildman–Crippen MR) is 154 cm³/mol. The Kier molecular flexibility index (Phi) is 14.7. The summed E-state index contributed by atoms with van der Waals surface area (Å²) >= 11 is 0. The van der Waals surface area contributed by atoms with Crippen LogP contribution in [0.25, 0.3) is 0 Å². The van der Waals surface area contributed by atoms with Gasteiger partial charge in [-0.25, -0.2) is 16.8 Å². The van der Waals surface area contributed by atoms with Gasteiger partial charge >= 0.3 is 57.4 Å². The van der Waals surface area contributed by atoms with Gasteiger partial charge in [0.2, 0.25) is 0 Å². The van der Waals surface area contributed by atoms with Crippen LogP contribution in [0.1, 0.15) is 51.9 Å². The Morgan fingerprint density at radius 2 is 1.79 bits per heavy atom. The van der Waals surface area contributed by atoms with Crippen LogP contribution in [0.3, 0.4) is 0 Å². The van der Waals surface area contributed by atoms with E-state index >= 15 is 0 Å².